The Morgan fingerprint density at radius 2 is 1.44 bits per heavy atom. The number of ether oxygens (including phenoxy) is 2. The number of rotatable bonds is 23. The Kier molecular flexibility index (Phi) is 26.1. The Balaban J connectivity index is 0.876. The third-order valence-corrected chi connectivity index (χ3v) is 19.8. The number of methoxy groups -OCH3 is 1. The van der Waals surface area contributed by atoms with Gasteiger partial charge in [0.05, 0.1) is 74.9 Å². The molecule has 4 aliphatic rings. The Morgan fingerprint density at radius 3 is 2.11 bits per heavy atom. The summed E-state index contributed by atoms with van der Waals surface area (Å²) in [6.07, 6.45) is -9.24. The van der Waals surface area contributed by atoms with Crippen LogP contribution in [-0.2, 0) is 44.6 Å². The number of carbonyl (C=O) groups is 7. The van der Waals surface area contributed by atoms with Crippen LogP contribution >= 0.6 is 23.7 Å². The zero-order chi connectivity index (χ0) is 73.8. The van der Waals surface area contributed by atoms with Crippen molar-refractivity contribution < 1.29 is 108 Å². The van der Waals surface area contributed by atoms with Crippen molar-refractivity contribution in [3.63, 3.8) is 0 Å². The van der Waals surface area contributed by atoms with Crippen molar-refractivity contribution >= 4 is 75.7 Å². The average molecular weight is 1470 g/mol. The second-order valence-electron chi connectivity index (χ2n) is 25.8. The maximum atomic E-state index is 15.0. The largest absolute Gasteiger partial charge is 0.504 e. The van der Waals surface area contributed by atoms with Crippen LogP contribution in [0.15, 0.2) is 97.2 Å². The van der Waals surface area contributed by atoms with Gasteiger partial charge in [-0.15, -0.1) is 0 Å². The van der Waals surface area contributed by atoms with Gasteiger partial charge in [-0.3, -0.25) is 33.6 Å². The summed E-state index contributed by atoms with van der Waals surface area (Å²) < 4.78 is 22.7. The number of piperidine rings is 1. The summed E-state index contributed by atoms with van der Waals surface area (Å²) >= 11 is 1.42. The van der Waals surface area contributed by atoms with E-state index in [-0.39, 0.29) is 48.4 Å². The molecular weight excluding hydrogens is 1390 g/mol. The number of phenols is 1. The number of aromatic nitrogens is 3. The van der Waals surface area contributed by atoms with Crippen molar-refractivity contribution in [1.82, 2.24) is 56.3 Å². The lowest BCUT2D eigenvalue weighted by molar-refractivity contribution is -0.433. The van der Waals surface area contributed by atoms with Crippen LogP contribution in [0.5, 0.6) is 23.0 Å². The summed E-state index contributed by atoms with van der Waals surface area (Å²) in [4.78, 5) is 112. The number of carbonyl (C=O) groups excluding carboxylic acids is 7. The molecular formula is C67H84N12O22S2. The molecule has 0 radical (unpaired) electrons. The number of hydrogen-bond acceptors (Lipinski definition) is 28. The molecule has 2 aromatic heterocycles. The van der Waals surface area contributed by atoms with E-state index in [1.165, 1.54) is 36.5 Å². The van der Waals surface area contributed by atoms with Gasteiger partial charge in [-0.05, 0) is 98.2 Å². The molecule has 34 nitrogen and oxygen atoms in total. The van der Waals surface area contributed by atoms with Crippen LogP contribution < -0.4 is 50.5 Å². The van der Waals surface area contributed by atoms with E-state index in [4.69, 9.17) is 29.0 Å². The van der Waals surface area contributed by atoms with E-state index in [9.17, 15) is 74.7 Å². The SMILES string of the molecule is COc1ccc(N2CCC(Oc3ccc(-c4nn5cc(-c6ccc(C(=O)N[C@H]7C[C@@H](O)CNC(=O)[C@@H]8[C@@H](O)[C@@H](C)CN8C(=O)[C@H]([C@H](O)CCNC(CO)CO)NC(=O)[C@H]([C@H](O)Cc8ccc(O)c(OSOOO)c8)NC(=O)[C@@H]8C[C@@H](O)CN8C(=O)[C@H]([C@@H](C)O)NC7=O)cc6)nc5s4)cc3)CC2)cc1. The molecule has 0 aliphatic carbocycles. The molecule has 7 amide bonds. The van der Waals surface area contributed by atoms with Gasteiger partial charge in [-0.2, -0.15) is 5.10 Å². The van der Waals surface area contributed by atoms with E-state index < -0.39 is 184 Å². The molecule has 10 rings (SSSR count). The molecule has 0 unspecified atom stereocenters. The molecule has 36 heteroatoms. The monoisotopic (exact) mass is 1470 g/mol. The number of amides is 7. The van der Waals surface area contributed by atoms with E-state index in [2.05, 4.69) is 58.3 Å². The van der Waals surface area contributed by atoms with E-state index in [1.54, 1.807) is 30.0 Å². The number of fused-ring (bicyclic) bond motifs is 3. The van der Waals surface area contributed by atoms with Gasteiger partial charge in [0.15, 0.2) is 11.5 Å². The number of imidazole rings is 1. The lowest BCUT2D eigenvalue weighted by Gasteiger charge is -2.34. The van der Waals surface area contributed by atoms with Gasteiger partial charge >= 0.3 is 0 Å². The number of aromatic hydroxyl groups is 1. The zero-order valence-electron chi connectivity index (χ0n) is 56.2. The smallest absolute Gasteiger partial charge is 0.261 e. The predicted molar refractivity (Wildman–Crippen MR) is 367 cm³/mol. The molecule has 0 spiro atoms. The lowest BCUT2D eigenvalue weighted by atomic mass is 9.98. The predicted octanol–water partition coefficient (Wildman–Crippen LogP) is -1.47. The van der Waals surface area contributed by atoms with E-state index in [0.29, 0.717) is 21.2 Å². The fourth-order valence-electron chi connectivity index (χ4n) is 12.8. The first-order chi connectivity index (χ1) is 49.4. The molecule has 16 N–H and O–H groups in total. The highest BCUT2D eigenvalue weighted by Gasteiger charge is 2.50. The normalized spacial score (nSPS) is 24.5. The first kappa shape index (κ1) is 76.8. The summed E-state index contributed by atoms with van der Waals surface area (Å²) in [5.74, 6) is -8.12. The Labute approximate surface area is 598 Å². The number of anilines is 1. The van der Waals surface area contributed by atoms with E-state index in [0.717, 1.165) is 77.5 Å². The molecule has 4 fully saturated rings. The fraction of sp³-hybridized carbons (Fsp3) is 0.478. The molecule has 0 saturated carbocycles. The van der Waals surface area contributed by atoms with Gasteiger partial charge < -0.3 is 106 Å². The van der Waals surface area contributed by atoms with Crippen molar-refractivity contribution in [2.75, 3.05) is 64.5 Å². The van der Waals surface area contributed by atoms with Crippen LogP contribution in [-0.4, -0.2) is 262 Å². The van der Waals surface area contributed by atoms with Gasteiger partial charge in [0.25, 0.3) is 18.2 Å². The zero-order valence-corrected chi connectivity index (χ0v) is 57.8. The minimum Gasteiger partial charge on any atom is -0.504 e. The molecule has 0 bridgehead atoms. The maximum absolute atomic E-state index is 15.0. The van der Waals surface area contributed by atoms with Crippen molar-refractivity contribution in [2.24, 2.45) is 5.92 Å². The minimum atomic E-state index is -2.17. The van der Waals surface area contributed by atoms with Crippen molar-refractivity contribution in [3.8, 4) is 44.8 Å². The fourth-order valence-corrected chi connectivity index (χ4v) is 13.9. The highest BCUT2D eigenvalue weighted by Crippen LogP contribution is 2.34. The van der Waals surface area contributed by atoms with Gasteiger partial charge in [0.2, 0.25) is 40.4 Å². The minimum absolute atomic E-state index is 0.00291. The maximum Gasteiger partial charge on any atom is 0.261 e. The van der Waals surface area contributed by atoms with Gasteiger partial charge in [-0.25, -0.2) is 14.8 Å². The Hall–Kier alpha value is -8.86. The van der Waals surface area contributed by atoms with Crippen LogP contribution in [0.1, 0.15) is 61.9 Å². The van der Waals surface area contributed by atoms with E-state index >= 15 is 4.79 Å². The molecule has 4 saturated heterocycles. The average Bonchev–Trinajstić information content (AvgIpc) is 1.71. The number of nitrogens with one attached hydrogen (secondary N) is 6. The molecule has 6 heterocycles. The number of benzene rings is 4. The van der Waals surface area contributed by atoms with Gasteiger partial charge in [-0.1, -0.05) is 45.8 Å². The quantitative estimate of drug-likeness (QED) is 0.0151. The summed E-state index contributed by atoms with van der Waals surface area (Å²) in [6.45, 7) is 1.35. The van der Waals surface area contributed by atoms with Gasteiger partial charge in [0, 0.05) is 93.1 Å². The number of β-amino-alcohol motifs (C(OH)–C–C–N with tert-alkyl or cyclic N) is 1. The first-order valence-electron chi connectivity index (χ1n) is 33.3. The summed E-state index contributed by atoms with van der Waals surface area (Å²) in [5, 5.41) is 132. The third-order valence-electron chi connectivity index (χ3n) is 18.5. The summed E-state index contributed by atoms with van der Waals surface area (Å²) in [7, 11) is 1.64. The Bertz CT molecular complexity index is 3870. The van der Waals surface area contributed by atoms with Crippen LogP contribution in [0.25, 0.3) is 26.8 Å². The molecule has 556 valence electrons. The van der Waals surface area contributed by atoms with Crippen LogP contribution in [0.4, 0.5) is 5.69 Å². The first-order valence-corrected chi connectivity index (χ1v) is 34.8. The van der Waals surface area contributed by atoms with E-state index in [1.807, 2.05) is 36.4 Å². The number of aliphatic hydroxyl groups is 8. The second kappa shape index (κ2) is 35.1. The molecule has 6 aromatic rings. The van der Waals surface area contributed by atoms with Crippen molar-refractivity contribution in [1.29, 1.82) is 0 Å². The summed E-state index contributed by atoms with van der Waals surface area (Å²) in [6, 6.07) is 13.0. The Morgan fingerprint density at radius 1 is 0.767 bits per heavy atom. The molecule has 4 aromatic carbocycles. The lowest BCUT2D eigenvalue weighted by Crippen LogP contribution is -2.64. The third kappa shape index (κ3) is 18.9. The van der Waals surface area contributed by atoms with Crippen LogP contribution in [0.3, 0.4) is 0 Å². The van der Waals surface area contributed by atoms with Crippen molar-refractivity contribution in [2.45, 2.75) is 137 Å². The van der Waals surface area contributed by atoms with Crippen molar-refractivity contribution in [3.05, 3.63) is 108 Å². The highest BCUT2D eigenvalue weighted by molar-refractivity contribution is 7.90. The number of nitrogens with zero attached hydrogens (tertiary/aromatic N) is 6. The van der Waals surface area contributed by atoms with Gasteiger partial charge in [0.1, 0.15) is 58.9 Å². The highest BCUT2D eigenvalue weighted by atomic mass is 32.2. The number of phenolic OH excluding ortho intramolecular Hbond substituents is 1. The molecule has 103 heavy (non-hydrogen) atoms. The second-order valence-corrected chi connectivity index (χ2v) is 27.2. The van der Waals surface area contributed by atoms with Crippen LogP contribution in [0.2, 0.25) is 0 Å². The molecule has 13 atom stereocenters. The molecule has 4 aliphatic heterocycles. The van der Waals surface area contributed by atoms with Crippen LogP contribution in [0, 0.1) is 5.92 Å². The number of aliphatic hydroxyl groups excluding tert-OH is 8. The number of hydrogen-bond donors (Lipinski definition) is 16. The summed E-state index contributed by atoms with van der Waals surface area (Å²) in [5.41, 5.74) is 3.19. The standard InChI is InChI=1S/C67H84N12O22S2/c1-34-29-78-57(58(34)88)63(93)69-28-42(83)26-47(70-59(89)38-7-5-37(6-8-38)48-31-79-67(71-48)102-64(75-79)39-9-13-45(14-10-39)98-46-19-22-76(23-20-46)41-11-15-44(97-3)16-12-41)60(90)72-54(35(2)82)65(94)77-30-43(84)27-49(77)61(91)73-55(52(87)24-36-4-17-50(85)53(25-36)99-103-101-100-96)62(92)74-56(66(78)95)51(86)18-21-68-40(32-80)33-81/h4-17,25,31,34-35,40,42-43,46-47,49,51-52,54-58,68,80-88,96H,18-24,26-30,32-33H2,1-3H3,(H,69,93)(H,70,89)(H,72,90)(H,73,91)(H,74,92)/t34-,35+,42+,43+,47-,49-,51+,52+,54-,55-,56-,57-,58-/m0/s1. The topological polar surface area (TPSA) is 480 Å².